The van der Waals surface area contributed by atoms with Crippen molar-refractivity contribution in [1.82, 2.24) is 4.90 Å². The predicted octanol–water partition coefficient (Wildman–Crippen LogP) is 1.36. The SMILES string of the molecule is NCC1(C(=O)N(CC(=O)O)C2CCCC2)CCCC1. The van der Waals surface area contributed by atoms with Gasteiger partial charge in [-0.1, -0.05) is 25.7 Å². The van der Waals surface area contributed by atoms with Gasteiger partial charge < -0.3 is 15.7 Å². The molecular formula is C14H24N2O3. The highest BCUT2D eigenvalue weighted by atomic mass is 16.4. The Morgan fingerprint density at radius 1 is 1.16 bits per heavy atom. The van der Waals surface area contributed by atoms with Crippen molar-refractivity contribution in [3.8, 4) is 0 Å². The minimum absolute atomic E-state index is 0.0122. The monoisotopic (exact) mass is 268 g/mol. The molecule has 0 atom stereocenters. The molecule has 2 aliphatic carbocycles. The fourth-order valence-corrected chi connectivity index (χ4v) is 3.59. The van der Waals surface area contributed by atoms with Crippen LogP contribution in [0, 0.1) is 5.41 Å². The maximum Gasteiger partial charge on any atom is 0.323 e. The molecule has 2 saturated carbocycles. The Labute approximate surface area is 114 Å². The number of nitrogens with zero attached hydrogens (tertiary/aromatic N) is 1. The van der Waals surface area contributed by atoms with Crippen LogP contribution in [0.15, 0.2) is 0 Å². The van der Waals surface area contributed by atoms with Gasteiger partial charge >= 0.3 is 5.97 Å². The van der Waals surface area contributed by atoms with Crippen LogP contribution in [0.3, 0.4) is 0 Å². The van der Waals surface area contributed by atoms with Gasteiger partial charge in [0.2, 0.25) is 5.91 Å². The summed E-state index contributed by atoms with van der Waals surface area (Å²) in [6, 6.07) is 0.104. The van der Waals surface area contributed by atoms with Gasteiger partial charge in [-0.15, -0.1) is 0 Å². The van der Waals surface area contributed by atoms with E-state index in [0.717, 1.165) is 51.4 Å². The van der Waals surface area contributed by atoms with Crippen molar-refractivity contribution in [3.63, 3.8) is 0 Å². The van der Waals surface area contributed by atoms with E-state index in [1.165, 1.54) is 0 Å². The van der Waals surface area contributed by atoms with Crippen LogP contribution in [0.1, 0.15) is 51.4 Å². The van der Waals surface area contributed by atoms with Crippen LogP contribution in [0.2, 0.25) is 0 Å². The highest BCUT2D eigenvalue weighted by Gasteiger charge is 2.44. The van der Waals surface area contributed by atoms with E-state index in [4.69, 9.17) is 10.8 Å². The molecule has 2 fully saturated rings. The van der Waals surface area contributed by atoms with Gasteiger partial charge in [0.15, 0.2) is 0 Å². The zero-order valence-electron chi connectivity index (χ0n) is 11.4. The minimum atomic E-state index is -0.926. The van der Waals surface area contributed by atoms with Crippen molar-refractivity contribution >= 4 is 11.9 Å². The van der Waals surface area contributed by atoms with E-state index in [9.17, 15) is 9.59 Å². The highest BCUT2D eigenvalue weighted by Crippen LogP contribution is 2.40. The van der Waals surface area contributed by atoms with Gasteiger partial charge in [-0.25, -0.2) is 0 Å². The molecule has 2 aliphatic rings. The van der Waals surface area contributed by atoms with Crippen LogP contribution >= 0.6 is 0 Å². The first-order chi connectivity index (χ1) is 9.09. The number of hydrogen-bond acceptors (Lipinski definition) is 3. The highest BCUT2D eigenvalue weighted by molar-refractivity contribution is 5.86. The third kappa shape index (κ3) is 2.91. The molecule has 0 radical (unpaired) electrons. The van der Waals surface area contributed by atoms with Crippen molar-refractivity contribution in [2.75, 3.05) is 13.1 Å². The summed E-state index contributed by atoms with van der Waals surface area (Å²) in [6.45, 7) is 0.167. The van der Waals surface area contributed by atoms with E-state index in [1.54, 1.807) is 4.90 Å². The van der Waals surface area contributed by atoms with Crippen LogP contribution < -0.4 is 5.73 Å². The van der Waals surface area contributed by atoms with Gasteiger partial charge in [0.05, 0.1) is 5.41 Å². The number of nitrogens with two attached hydrogens (primary N) is 1. The molecule has 0 aromatic rings. The molecular weight excluding hydrogens is 244 g/mol. The molecule has 0 bridgehead atoms. The standard InChI is InChI=1S/C14H24N2O3/c15-10-14(7-3-4-8-14)13(19)16(9-12(17)18)11-5-1-2-6-11/h11H,1-10,15H2,(H,17,18). The van der Waals surface area contributed by atoms with Crippen LogP contribution in [-0.2, 0) is 9.59 Å². The quantitative estimate of drug-likeness (QED) is 0.788. The second-order valence-electron chi connectivity index (χ2n) is 5.96. The Morgan fingerprint density at radius 2 is 1.74 bits per heavy atom. The third-order valence-electron chi connectivity index (χ3n) is 4.74. The predicted molar refractivity (Wildman–Crippen MR) is 71.6 cm³/mol. The van der Waals surface area contributed by atoms with Gasteiger partial charge in [-0.2, -0.15) is 0 Å². The second kappa shape index (κ2) is 5.90. The Kier molecular flexibility index (Phi) is 4.45. The topological polar surface area (TPSA) is 83.6 Å². The summed E-state index contributed by atoms with van der Waals surface area (Å²) in [4.78, 5) is 25.5. The lowest BCUT2D eigenvalue weighted by atomic mass is 9.84. The molecule has 0 heterocycles. The summed E-state index contributed by atoms with van der Waals surface area (Å²) in [6.07, 6.45) is 7.70. The summed E-state index contributed by atoms with van der Waals surface area (Å²) in [7, 11) is 0. The van der Waals surface area contributed by atoms with Crippen molar-refractivity contribution in [1.29, 1.82) is 0 Å². The van der Waals surface area contributed by atoms with E-state index in [0.29, 0.717) is 6.54 Å². The lowest BCUT2D eigenvalue weighted by Crippen LogP contribution is -2.51. The molecule has 5 nitrogen and oxygen atoms in total. The Hall–Kier alpha value is -1.10. The van der Waals surface area contributed by atoms with E-state index in [1.807, 2.05) is 0 Å². The van der Waals surface area contributed by atoms with Crippen LogP contribution in [-0.4, -0.2) is 41.0 Å². The summed E-state index contributed by atoms with van der Waals surface area (Å²) in [5, 5.41) is 9.07. The fraction of sp³-hybridized carbons (Fsp3) is 0.857. The maximum absolute atomic E-state index is 12.8. The number of carbonyl (C=O) groups is 2. The molecule has 108 valence electrons. The van der Waals surface area contributed by atoms with Crippen molar-refractivity contribution in [2.24, 2.45) is 11.1 Å². The number of carboxylic acids is 1. The van der Waals surface area contributed by atoms with Gasteiger partial charge in [0, 0.05) is 12.6 Å². The molecule has 1 amide bonds. The average molecular weight is 268 g/mol. The number of rotatable bonds is 5. The molecule has 0 aromatic heterocycles. The average Bonchev–Trinajstić information content (AvgIpc) is 3.06. The number of aliphatic carboxylic acids is 1. The first-order valence-electron chi connectivity index (χ1n) is 7.32. The fourth-order valence-electron chi connectivity index (χ4n) is 3.59. The maximum atomic E-state index is 12.8. The first kappa shape index (κ1) is 14.3. The summed E-state index contributed by atoms with van der Waals surface area (Å²) in [5.74, 6) is -0.938. The van der Waals surface area contributed by atoms with Crippen LogP contribution in [0.25, 0.3) is 0 Å². The molecule has 3 N–H and O–H groups in total. The van der Waals surface area contributed by atoms with E-state index in [-0.39, 0.29) is 18.5 Å². The van der Waals surface area contributed by atoms with E-state index < -0.39 is 11.4 Å². The zero-order valence-corrected chi connectivity index (χ0v) is 11.4. The number of carboxylic acid groups (broad SMARTS) is 1. The molecule has 2 rings (SSSR count). The van der Waals surface area contributed by atoms with Gasteiger partial charge in [0.1, 0.15) is 6.54 Å². The second-order valence-corrected chi connectivity index (χ2v) is 5.96. The van der Waals surface area contributed by atoms with Gasteiger partial charge in [-0.05, 0) is 25.7 Å². The summed E-state index contributed by atoms with van der Waals surface area (Å²) >= 11 is 0. The van der Waals surface area contributed by atoms with Gasteiger partial charge in [-0.3, -0.25) is 9.59 Å². The largest absolute Gasteiger partial charge is 0.480 e. The number of carbonyl (C=O) groups excluding carboxylic acids is 1. The smallest absolute Gasteiger partial charge is 0.323 e. The van der Waals surface area contributed by atoms with Crippen molar-refractivity contribution < 1.29 is 14.7 Å². The lowest BCUT2D eigenvalue weighted by Gasteiger charge is -2.36. The first-order valence-corrected chi connectivity index (χ1v) is 7.32. The summed E-state index contributed by atoms with van der Waals surface area (Å²) in [5.41, 5.74) is 5.35. The third-order valence-corrected chi connectivity index (χ3v) is 4.74. The Bertz CT molecular complexity index is 345. The number of amides is 1. The van der Waals surface area contributed by atoms with Crippen LogP contribution in [0.5, 0.6) is 0 Å². The normalized spacial score (nSPS) is 22.6. The Morgan fingerprint density at radius 3 is 2.21 bits per heavy atom. The summed E-state index contributed by atoms with van der Waals surface area (Å²) < 4.78 is 0. The van der Waals surface area contributed by atoms with E-state index >= 15 is 0 Å². The molecule has 0 saturated heterocycles. The number of hydrogen-bond donors (Lipinski definition) is 2. The Balaban J connectivity index is 2.16. The lowest BCUT2D eigenvalue weighted by molar-refractivity contribution is -0.151. The molecule has 0 unspecified atom stereocenters. The molecule has 0 aromatic carbocycles. The van der Waals surface area contributed by atoms with Crippen molar-refractivity contribution in [2.45, 2.75) is 57.4 Å². The molecule has 5 heteroatoms. The molecule has 0 spiro atoms. The minimum Gasteiger partial charge on any atom is -0.480 e. The van der Waals surface area contributed by atoms with Gasteiger partial charge in [0.25, 0.3) is 0 Å². The van der Waals surface area contributed by atoms with Crippen LogP contribution in [0.4, 0.5) is 0 Å². The van der Waals surface area contributed by atoms with Crippen molar-refractivity contribution in [3.05, 3.63) is 0 Å². The molecule has 0 aliphatic heterocycles. The van der Waals surface area contributed by atoms with E-state index in [2.05, 4.69) is 0 Å². The molecule has 19 heavy (non-hydrogen) atoms. The zero-order chi connectivity index (χ0) is 13.9.